The van der Waals surface area contributed by atoms with Crippen molar-refractivity contribution < 1.29 is 18.7 Å². The van der Waals surface area contributed by atoms with Gasteiger partial charge in [-0.3, -0.25) is 15.1 Å². The van der Waals surface area contributed by atoms with Crippen LogP contribution in [-0.2, 0) is 4.74 Å². The summed E-state index contributed by atoms with van der Waals surface area (Å²) in [7, 11) is 1.29. The van der Waals surface area contributed by atoms with E-state index in [0.29, 0.717) is 16.7 Å². The maximum Gasteiger partial charge on any atom is 0.337 e. The number of pyridine rings is 1. The molecule has 0 saturated heterocycles. The maximum absolute atomic E-state index is 12.1. The fourth-order valence-corrected chi connectivity index (χ4v) is 1.92. The molecule has 120 valence electrons. The summed E-state index contributed by atoms with van der Waals surface area (Å²) >= 11 is 0. The molecule has 24 heavy (non-hydrogen) atoms. The van der Waals surface area contributed by atoms with Crippen molar-refractivity contribution in [2.24, 2.45) is 0 Å². The van der Waals surface area contributed by atoms with Crippen LogP contribution in [0.2, 0.25) is 0 Å². The average Bonchev–Trinajstić information content (AvgIpc) is 3.10. The number of amides is 1. The fourth-order valence-electron chi connectivity index (χ4n) is 1.92. The molecule has 0 unspecified atom stereocenters. The van der Waals surface area contributed by atoms with Crippen LogP contribution >= 0.6 is 0 Å². The summed E-state index contributed by atoms with van der Waals surface area (Å²) in [6.07, 6.45) is 3.20. The molecule has 0 radical (unpaired) electrons. The van der Waals surface area contributed by atoms with Crippen molar-refractivity contribution in [2.75, 3.05) is 12.4 Å². The molecule has 0 aliphatic rings. The molecule has 2 heterocycles. The number of methoxy groups -OCH3 is 1. The lowest BCUT2D eigenvalue weighted by atomic mass is 10.1. The van der Waals surface area contributed by atoms with E-state index in [-0.39, 0.29) is 11.9 Å². The van der Waals surface area contributed by atoms with Crippen LogP contribution in [0.3, 0.4) is 0 Å². The minimum atomic E-state index is -0.472. The highest BCUT2D eigenvalue weighted by Crippen LogP contribution is 2.18. The molecule has 3 aromatic rings. The van der Waals surface area contributed by atoms with Gasteiger partial charge in [0.15, 0.2) is 0 Å². The summed E-state index contributed by atoms with van der Waals surface area (Å²) in [5.74, 6) is -0.660. The first-order valence-corrected chi connectivity index (χ1v) is 6.91. The fraction of sp³-hybridized carbons (Fsp3) is 0.0625. The number of benzene rings is 1. The molecule has 0 atom stereocenters. The number of nitrogens with zero attached hydrogens (tertiary/aromatic N) is 3. The number of carbonyl (C=O) groups is 2. The summed E-state index contributed by atoms with van der Waals surface area (Å²) in [6, 6.07) is 9.46. The normalized spacial score (nSPS) is 10.2. The van der Waals surface area contributed by atoms with Crippen molar-refractivity contribution >= 4 is 17.9 Å². The number of hydrogen-bond donors (Lipinski definition) is 1. The van der Waals surface area contributed by atoms with Crippen molar-refractivity contribution in [3.05, 3.63) is 59.9 Å². The molecule has 3 rings (SSSR count). The maximum atomic E-state index is 12.1. The van der Waals surface area contributed by atoms with E-state index in [1.165, 1.54) is 31.4 Å². The van der Waals surface area contributed by atoms with Crippen LogP contribution in [0.1, 0.15) is 20.7 Å². The van der Waals surface area contributed by atoms with E-state index in [0.717, 1.165) is 0 Å². The first-order valence-electron chi connectivity index (χ1n) is 6.91. The number of rotatable bonds is 4. The van der Waals surface area contributed by atoms with Gasteiger partial charge in [-0.15, -0.1) is 5.10 Å². The van der Waals surface area contributed by atoms with E-state index < -0.39 is 11.9 Å². The Morgan fingerprint density at radius 3 is 2.50 bits per heavy atom. The third kappa shape index (κ3) is 3.27. The van der Waals surface area contributed by atoms with Crippen LogP contribution in [0.4, 0.5) is 6.01 Å². The zero-order chi connectivity index (χ0) is 16.9. The molecule has 0 bridgehead atoms. The minimum Gasteiger partial charge on any atom is -0.465 e. The van der Waals surface area contributed by atoms with Gasteiger partial charge in [0.1, 0.15) is 0 Å². The quantitative estimate of drug-likeness (QED) is 0.733. The topological polar surface area (TPSA) is 107 Å². The molecule has 1 aromatic carbocycles. The van der Waals surface area contributed by atoms with Crippen molar-refractivity contribution in [3.63, 3.8) is 0 Å². The number of nitrogens with one attached hydrogen (secondary N) is 1. The predicted molar refractivity (Wildman–Crippen MR) is 83.3 cm³/mol. The smallest absolute Gasteiger partial charge is 0.337 e. The van der Waals surface area contributed by atoms with E-state index in [4.69, 9.17) is 4.42 Å². The van der Waals surface area contributed by atoms with Gasteiger partial charge in [0, 0.05) is 18.0 Å². The molecule has 0 fully saturated rings. The van der Waals surface area contributed by atoms with Crippen LogP contribution in [0.25, 0.3) is 11.5 Å². The van der Waals surface area contributed by atoms with Gasteiger partial charge in [-0.1, -0.05) is 5.10 Å². The van der Waals surface area contributed by atoms with Crippen molar-refractivity contribution in [1.29, 1.82) is 0 Å². The Balaban J connectivity index is 1.71. The van der Waals surface area contributed by atoms with Crippen LogP contribution < -0.4 is 5.32 Å². The summed E-state index contributed by atoms with van der Waals surface area (Å²) in [6.45, 7) is 0. The van der Waals surface area contributed by atoms with Crippen molar-refractivity contribution in [3.8, 4) is 11.5 Å². The first-order chi connectivity index (χ1) is 11.7. The summed E-state index contributed by atoms with van der Waals surface area (Å²) in [4.78, 5) is 27.5. The molecule has 0 spiro atoms. The third-order valence-electron chi connectivity index (χ3n) is 3.12. The van der Waals surface area contributed by atoms with E-state index in [2.05, 4.69) is 25.2 Å². The standard InChI is InChI=1S/C16H12N4O4/c1-23-15(22)11-6-4-10(5-7-11)13(21)18-16-20-19-14(24-16)12-3-2-8-17-9-12/h2-9H,1H3,(H,18,20,21). The second-order valence-electron chi connectivity index (χ2n) is 4.68. The average molecular weight is 324 g/mol. The highest BCUT2D eigenvalue weighted by Gasteiger charge is 2.13. The number of esters is 1. The first kappa shape index (κ1) is 15.3. The van der Waals surface area contributed by atoms with Crippen LogP contribution in [0.15, 0.2) is 53.2 Å². The van der Waals surface area contributed by atoms with Crippen molar-refractivity contribution in [1.82, 2.24) is 15.2 Å². The monoisotopic (exact) mass is 324 g/mol. The Labute approximate surface area is 136 Å². The Bertz CT molecular complexity index is 859. The summed E-state index contributed by atoms with van der Waals surface area (Å²) in [5.41, 5.74) is 1.34. The molecule has 8 nitrogen and oxygen atoms in total. The van der Waals surface area contributed by atoms with E-state index in [1.807, 2.05) is 0 Å². The molecular formula is C16H12N4O4. The van der Waals surface area contributed by atoms with Gasteiger partial charge in [0.25, 0.3) is 11.8 Å². The number of aromatic nitrogens is 3. The molecule has 2 aromatic heterocycles. The second kappa shape index (κ2) is 6.69. The van der Waals surface area contributed by atoms with Gasteiger partial charge in [0.2, 0.25) is 0 Å². The predicted octanol–water partition coefficient (Wildman–Crippen LogP) is 2.17. The van der Waals surface area contributed by atoms with Crippen LogP contribution in [0, 0.1) is 0 Å². The van der Waals surface area contributed by atoms with Gasteiger partial charge in [0.05, 0.1) is 18.2 Å². The molecule has 0 aliphatic carbocycles. The van der Waals surface area contributed by atoms with E-state index in [9.17, 15) is 9.59 Å². The van der Waals surface area contributed by atoms with E-state index >= 15 is 0 Å². The number of carbonyl (C=O) groups excluding carboxylic acids is 2. The molecular weight excluding hydrogens is 312 g/mol. The molecule has 0 aliphatic heterocycles. The minimum absolute atomic E-state index is 0.0316. The Kier molecular flexibility index (Phi) is 4.28. The Morgan fingerprint density at radius 1 is 1.08 bits per heavy atom. The van der Waals surface area contributed by atoms with Crippen molar-refractivity contribution in [2.45, 2.75) is 0 Å². The van der Waals surface area contributed by atoms with Gasteiger partial charge in [-0.05, 0) is 36.4 Å². The lowest BCUT2D eigenvalue weighted by Crippen LogP contribution is -2.12. The zero-order valence-electron chi connectivity index (χ0n) is 12.6. The molecule has 8 heteroatoms. The molecule has 0 saturated carbocycles. The largest absolute Gasteiger partial charge is 0.465 e. The summed E-state index contributed by atoms with van der Waals surface area (Å²) in [5, 5.41) is 10.1. The molecule has 1 N–H and O–H groups in total. The summed E-state index contributed by atoms with van der Waals surface area (Å²) < 4.78 is 9.97. The van der Waals surface area contributed by atoms with Gasteiger partial charge >= 0.3 is 12.0 Å². The lowest BCUT2D eigenvalue weighted by Gasteiger charge is -2.02. The van der Waals surface area contributed by atoms with Gasteiger partial charge in [-0.2, -0.15) is 0 Å². The van der Waals surface area contributed by atoms with E-state index in [1.54, 1.807) is 24.5 Å². The Hall–Kier alpha value is -3.55. The number of ether oxygens (including phenoxy) is 1. The zero-order valence-corrected chi connectivity index (χ0v) is 12.6. The van der Waals surface area contributed by atoms with Crippen LogP contribution in [0.5, 0.6) is 0 Å². The Morgan fingerprint density at radius 2 is 1.83 bits per heavy atom. The second-order valence-corrected chi connectivity index (χ2v) is 4.68. The lowest BCUT2D eigenvalue weighted by molar-refractivity contribution is 0.0600. The number of hydrogen-bond acceptors (Lipinski definition) is 7. The number of anilines is 1. The highest BCUT2D eigenvalue weighted by atomic mass is 16.5. The SMILES string of the molecule is COC(=O)c1ccc(C(=O)Nc2nnc(-c3cccnc3)o2)cc1. The van der Waals surface area contributed by atoms with Gasteiger partial charge < -0.3 is 9.15 Å². The molecule has 1 amide bonds. The van der Waals surface area contributed by atoms with Gasteiger partial charge in [-0.25, -0.2) is 4.79 Å². The third-order valence-corrected chi connectivity index (χ3v) is 3.12. The van der Waals surface area contributed by atoms with Crippen LogP contribution in [-0.4, -0.2) is 34.2 Å². The highest BCUT2D eigenvalue weighted by molar-refractivity contribution is 6.03.